The van der Waals surface area contributed by atoms with Crippen LogP contribution in [0.4, 0.5) is 18.9 Å². The van der Waals surface area contributed by atoms with Crippen molar-refractivity contribution in [2.24, 2.45) is 5.73 Å². The molecule has 0 saturated carbocycles. The van der Waals surface area contributed by atoms with E-state index in [-0.39, 0.29) is 5.56 Å². The number of pyridine rings is 1. The van der Waals surface area contributed by atoms with Gasteiger partial charge in [-0.2, -0.15) is 0 Å². The Kier molecular flexibility index (Phi) is 3.91. The number of rotatable bonds is 4. The number of hydrogen-bond donors (Lipinski definition) is 1. The van der Waals surface area contributed by atoms with E-state index in [0.717, 1.165) is 7.11 Å². The molecule has 1 rings (SSSR count). The predicted octanol–water partition coefficient (Wildman–Crippen LogP) is 1.36. The van der Waals surface area contributed by atoms with E-state index in [4.69, 9.17) is 5.73 Å². The molecule has 0 unspecified atom stereocenters. The molecule has 100 valence electrons. The molecule has 2 N–H and O–H groups in total. The van der Waals surface area contributed by atoms with Gasteiger partial charge in [0.2, 0.25) is 0 Å². The van der Waals surface area contributed by atoms with Crippen molar-refractivity contribution in [3.05, 3.63) is 21.9 Å². The molecule has 0 aliphatic rings. The van der Waals surface area contributed by atoms with Gasteiger partial charge in [0.1, 0.15) is 6.20 Å². The summed E-state index contributed by atoms with van der Waals surface area (Å²) >= 11 is 0. The second-order valence-corrected chi connectivity index (χ2v) is 2.97. The monoisotopic (exact) mass is 267 g/mol. The molecule has 0 atom stereocenters. The first-order valence-electron chi connectivity index (χ1n) is 4.46. The molecule has 18 heavy (non-hydrogen) atoms. The Bertz CT molecular complexity index is 464. The first-order valence-corrected chi connectivity index (χ1v) is 4.46. The van der Waals surface area contributed by atoms with Crippen LogP contribution >= 0.6 is 0 Å². The van der Waals surface area contributed by atoms with Crippen molar-refractivity contribution in [3.63, 3.8) is 0 Å². The van der Waals surface area contributed by atoms with Gasteiger partial charge in [-0.25, -0.2) is 4.98 Å². The number of nitrogens with two attached hydrogens (primary N) is 1. The van der Waals surface area contributed by atoms with Crippen LogP contribution in [0.3, 0.4) is 0 Å². The predicted molar refractivity (Wildman–Crippen MR) is 52.0 cm³/mol. The van der Waals surface area contributed by atoms with Crippen molar-refractivity contribution in [1.29, 1.82) is 0 Å². The van der Waals surface area contributed by atoms with E-state index in [1.165, 1.54) is 0 Å². The lowest BCUT2D eigenvalue weighted by Gasteiger charge is -2.13. The number of hydrogen-bond acceptors (Lipinski definition) is 6. The summed E-state index contributed by atoms with van der Waals surface area (Å²) in [6.45, 7) is -0.393. The van der Waals surface area contributed by atoms with E-state index >= 15 is 0 Å². The quantitative estimate of drug-likeness (QED) is 0.652. The van der Waals surface area contributed by atoms with E-state index in [1.807, 2.05) is 0 Å². The van der Waals surface area contributed by atoms with Crippen molar-refractivity contribution >= 4 is 5.69 Å². The van der Waals surface area contributed by atoms with Gasteiger partial charge < -0.3 is 15.2 Å². The fraction of sp³-hybridized carbons (Fsp3) is 0.375. The van der Waals surface area contributed by atoms with Crippen LogP contribution in [-0.2, 0) is 6.54 Å². The molecule has 0 spiro atoms. The summed E-state index contributed by atoms with van der Waals surface area (Å²) in [6, 6.07) is 0. The Labute approximate surface area is 98.5 Å². The highest BCUT2D eigenvalue weighted by molar-refractivity contribution is 5.52. The van der Waals surface area contributed by atoms with E-state index in [9.17, 15) is 23.3 Å². The van der Waals surface area contributed by atoms with Gasteiger partial charge in [-0.05, 0) is 0 Å². The van der Waals surface area contributed by atoms with Crippen LogP contribution in [0.1, 0.15) is 5.56 Å². The molecule has 0 amide bonds. The maximum atomic E-state index is 12.1. The van der Waals surface area contributed by atoms with Crippen molar-refractivity contribution in [2.45, 2.75) is 12.9 Å². The lowest BCUT2D eigenvalue weighted by molar-refractivity contribution is -0.386. The van der Waals surface area contributed by atoms with Gasteiger partial charge in [0.15, 0.2) is 5.75 Å². The highest BCUT2D eigenvalue weighted by atomic mass is 19.4. The molecule has 1 aromatic rings. The smallest absolute Gasteiger partial charge is 0.491 e. The summed E-state index contributed by atoms with van der Waals surface area (Å²) in [4.78, 5) is 13.0. The minimum absolute atomic E-state index is 0.225. The third-order valence-electron chi connectivity index (χ3n) is 1.90. The Morgan fingerprint density at radius 3 is 2.56 bits per heavy atom. The van der Waals surface area contributed by atoms with Crippen LogP contribution in [-0.4, -0.2) is 23.4 Å². The Morgan fingerprint density at radius 1 is 1.56 bits per heavy atom. The zero-order chi connectivity index (χ0) is 13.9. The van der Waals surface area contributed by atoms with Gasteiger partial charge >= 0.3 is 6.36 Å². The summed E-state index contributed by atoms with van der Waals surface area (Å²) in [5, 5.41) is 10.6. The van der Waals surface area contributed by atoms with E-state index < -0.39 is 35.1 Å². The average molecular weight is 267 g/mol. The van der Waals surface area contributed by atoms with E-state index in [2.05, 4.69) is 14.5 Å². The maximum absolute atomic E-state index is 12.1. The van der Waals surface area contributed by atoms with Crippen LogP contribution in [0.25, 0.3) is 0 Å². The number of halogens is 3. The summed E-state index contributed by atoms with van der Waals surface area (Å²) in [6.07, 6.45) is -4.35. The molecule has 0 saturated heterocycles. The van der Waals surface area contributed by atoms with Crippen LogP contribution in [0.15, 0.2) is 6.20 Å². The van der Waals surface area contributed by atoms with Gasteiger partial charge in [-0.15, -0.1) is 13.2 Å². The van der Waals surface area contributed by atoms with Crippen LogP contribution < -0.4 is 15.2 Å². The molecular formula is C8H8F3N3O4. The average Bonchev–Trinajstić information content (AvgIpc) is 2.25. The lowest BCUT2D eigenvalue weighted by atomic mass is 10.2. The fourth-order valence-corrected chi connectivity index (χ4v) is 1.25. The molecular weight excluding hydrogens is 259 g/mol. The minimum atomic E-state index is -4.98. The number of alkyl halides is 3. The zero-order valence-corrected chi connectivity index (χ0v) is 9.02. The summed E-state index contributed by atoms with van der Waals surface area (Å²) in [5.41, 5.74) is 4.49. The zero-order valence-electron chi connectivity index (χ0n) is 9.02. The first kappa shape index (κ1) is 14.0. The van der Waals surface area contributed by atoms with Gasteiger partial charge in [0, 0.05) is 6.54 Å². The lowest BCUT2D eigenvalue weighted by Crippen LogP contribution is -2.19. The van der Waals surface area contributed by atoms with Crippen molar-refractivity contribution in [1.82, 2.24) is 4.98 Å². The topological polar surface area (TPSA) is 101 Å². The van der Waals surface area contributed by atoms with Crippen molar-refractivity contribution in [2.75, 3.05) is 7.11 Å². The third-order valence-corrected chi connectivity index (χ3v) is 1.90. The van der Waals surface area contributed by atoms with Crippen molar-refractivity contribution < 1.29 is 27.6 Å². The minimum Gasteiger partial charge on any atom is -0.491 e. The third kappa shape index (κ3) is 2.97. The second-order valence-electron chi connectivity index (χ2n) is 2.97. The molecule has 1 aromatic heterocycles. The highest BCUT2D eigenvalue weighted by Crippen LogP contribution is 2.37. The van der Waals surface area contributed by atoms with Crippen LogP contribution in [0.2, 0.25) is 0 Å². The number of methoxy groups -OCH3 is 1. The first-order chi connectivity index (χ1) is 8.30. The second kappa shape index (κ2) is 5.04. The van der Waals surface area contributed by atoms with Crippen molar-refractivity contribution in [3.8, 4) is 11.6 Å². The Balaban J connectivity index is 3.34. The maximum Gasteiger partial charge on any atom is 0.574 e. The molecule has 0 aromatic carbocycles. The Hall–Kier alpha value is -2.10. The number of nitro groups is 1. The summed E-state index contributed by atoms with van der Waals surface area (Å²) in [5.74, 6) is -1.43. The highest BCUT2D eigenvalue weighted by Gasteiger charge is 2.35. The van der Waals surface area contributed by atoms with Crippen LogP contribution in [0.5, 0.6) is 11.6 Å². The van der Waals surface area contributed by atoms with E-state index in [0.29, 0.717) is 6.20 Å². The SMILES string of the molecule is COc1c(OC(F)(F)F)ncc([N+](=O)[O-])c1CN. The van der Waals surface area contributed by atoms with Crippen LogP contribution in [0, 0.1) is 10.1 Å². The standard InChI is InChI=1S/C8H8F3N3O4/c1-17-6-4(2-12)5(14(15)16)3-13-7(6)18-8(9,10)11/h3H,2,12H2,1H3. The largest absolute Gasteiger partial charge is 0.574 e. The Morgan fingerprint density at radius 2 is 2.17 bits per heavy atom. The van der Waals surface area contributed by atoms with E-state index in [1.54, 1.807) is 0 Å². The molecule has 0 aliphatic carbocycles. The molecule has 0 aliphatic heterocycles. The molecule has 0 radical (unpaired) electrons. The molecule has 10 heteroatoms. The number of aromatic nitrogens is 1. The fourth-order valence-electron chi connectivity index (χ4n) is 1.25. The molecule has 0 bridgehead atoms. The summed E-state index contributed by atoms with van der Waals surface area (Å²) in [7, 11) is 1.03. The normalized spacial score (nSPS) is 11.2. The van der Waals surface area contributed by atoms with Gasteiger partial charge in [0.25, 0.3) is 11.6 Å². The number of ether oxygens (including phenoxy) is 2. The molecule has 7 nitrogen and oxygen atoms in total. The number of nitrogens with zero attached hydrogens (tertiary/aromatic N) is 2. The molecule has 0 fully saturated rings. The van der Waals surface area contributed by atoms with Gasteiger partial charge in [0.05, 0.1) is 17.6 Å². The molecule has 1 heterocycles. The van der Waals surface area contributed by atoms with Gasteiger partial charge in [-0.3, -0.25) is 10.1 Å². The van der Waals surface area contributed by atoms with Gasteiger partial charge in [-0.1, -0.05) is 0 Å². The summed E-state index contributed by atoms with van der Waals surface area (Å²) < 4.78 is 44.4.